The van der Waals surface area contributed by atoms with Gasteiger partial charge in [0.25, 0.3) is 6.43 Å². The molecule has 3 nitrogen and oxygen atoms in total. The molecule has 1 aromatic heterocycles. The average Bonchev–Trinajstić information content (AvgIpc) is 2.16. The van der Waals surface area contributed by atoms with Crippen molar-refractivity contribution in [1.29, 1.82) is 0 Å². The minimum Gasteiger partial charge on any atom is -0.496 e. The van der Waals surface area contributed by atoms with Crippen molar-refractivity contribution in [3.05, 3.63) is 22.5 Å². The van der Waals surface area contributed by atoms with Crippen LogP contribution in [-0.4, -0.2) is 17.2 Å². The zero-order valence-corrected chi connectivity index (χ0v) is 8.05. The highest BCUT2D eigenvalue weighted by atomic mass is 35.5. The highest BCUT2D eigenvalue weighted by Gasteiger charge is 2.16. The number of ether oxygens (including phenoxy) is 1. The normalized spacial score (nSPS) is 10.7. The summed E-state index contributed by atoms with van der Waals surface area (Å²) in [6.07, 6.45) is -2.71. The summed E-state index contributed by atoms with van der Waals surface area (Å²) in [5.74, 6) is 0.114. The van der Waals surface area contributed by atoms with Gasteiger partial charge >= 0.3 is 0 Å². The topological polar surface area (TPSA) is 42.4 Å². The van der Waals surface area contributed by atoms with Gasteiger partial charge in [-0.1, -0.05) is 11.6 Å². The lowest BCUT2D eigenvalue weighted by molar-refractivity contribution is 0.145. The third-order valence-corrected chi connectivity index (χ3v) is 1.97. The van der Waals surface area contributed by atoms with E-state index in [0.717, 1.165) is 6.07 Å². The Hall–Kier alpha value is -0.940. The molecule has 0 saturated carbocycles. The van der Waals surface area contributed by atoms with Crippen molar-refractivity contribution in [2.75, 3.05) is 7.11 Å². The van der Waals surface area contributed by atoms with Gasteiger partial charge in [0.2, 0.25) is 0 Å². The summed E-state index contributed by atoms with van der Waals surface area (Å²) >= 11 is 5.57. The van der Waals surface area contributed by atoms with Crippen LogP contribution in [0.1, 0.15) is 17.7 Å². The van der Waals surface area contributed by atoms with Crippen LogP contribution >= 0.6 is 11.6 Å². The zero-order chi connectivity index (χ0) is 10.7. The van der Waals surface area contributed by atoms with E-state index in [-0.39, 0.29) is 16.5 Å². The molecule has 0 amide bonds. The fourth-order valence-electron chi connectivity index (χ4n) is 0.973. The van der Waals surface area contributed by atoms with Crippen molar-refractivity contribution in [1.82, 2.24) is 4.98 Å². The smallest absolute Gasteiger partial charge is 0.280 e. The molecule has 0 spiro atoms. The van der Waals surface area contributed by atoms with Crippen LogP contribution in [0.3, 0.4) is 0 Å². The minimum absolute atomic E-state index is 0.114. The van der Waals surface area contributed by atoms with E-state index in [1.165, 1.54) is 7.11 Å². The van der Waals surface area contributed by atoms with Crippen molar-refractivity contribution in [3.63, 3.8) is 0 Å². The molecule has 1 heterocycles. The number of alkyl halides is 2. The summed E-state index contributed by atoms with van der Waals surface area (Å²) < 4.78 is 29.3. The quantitative estimate of drug-likeness (QED) is 0.799. The van der Waals surface area contributed by atoms with Gasteiger partial charge in [0.15, 0.2) is 0 Å². The molecule has 0 aromatic carbocycles. The Labute approximate surface area is 84.3 Å². The fourth-order valence-corrected chi connectivity index (χ4v) is 1.22. The van der Waals surface area contributed by atoms with Crippen LogP contribution < -0.4 is 4.74 Å². The summed E-state index contributed by atoms with van der Waals surface area (Å²) in [6, 6.07) is 1.06. The lowest BCUT2D eigenvalue weighted by Crippen LogP contribution is -1.99. The summed E-state index contributed by atoms with van der Waals surface area (Å²) in [6.45, 7) is -0.404. The molecular formula is C8H8ClF2NO2. The van der Waals surface area contributed by atoms with E-state index in [0.29, 0.717) is 0 Å². The fraction of sp³-hybridized carbons (Fsp3) is 0.375. The summed E-state index contributed by atoms with van der Waals surface area (Å²) in [5, 5.41) is 8.70. The van der Waals surface area contributed by atoms with Gasteiger partial charge in [-0.25, -0.2) is 13.8 Å². The minimum atomic E-state index is -2.71. The molecule has 14 heavy (non-hydrogen) atoms. The highest BCUT2D eigenvalue weighted by Crippen LogP contribution is 2.29. The number of rotatable bonds is 3. The second-order valence-electron chi connectivity index (χ2n) is 2.48. The standard InChI is InChI=1S/C8H8ClF2NO2/c1-14-6-2-5(8(10)11)12-7(9)4(6)3-13/h2,8,13H,3H2,1H3. The number of halogens is 3. The third kappa shape index (κ3) is 2.10. The number of methoxy groups -OCH3 is 1. The second-order valence-corrected chi connectivity index (χ2v) is 2.84. The van der Waals surface area contributed by atoms with Crippen molar-refractivity contribution >= 4 is 11.6 Å². The lowest BCUT2D eigenvalue weighted by atomic mass is 10.2. The molecule has 0 saturated heterocycles. The number of nitrogens with zero attached hydrogens (tertiary/aromatic N) is 1. The van der Waals surface area contributed by atoms with E-state index in [2.05, 4.69) is 4.98 Å². The van der Waals surface area contributed by atoms with Crippen LogP contribution in [0.5, 0.6) is 5.75 Å². The predicted octanol–water partition coefficient (Wildman–Crippen LogP) is 2.17. The molecular weight excluding hydrogens is 216 g/mol. The van der Waals surface area contributed by atoms with Gasteiger partial charge < -0.3 is 9.84 Å². The van der Waals surface area contributed by atoms with Gasteiger partial charge in [-0.2, -0.15) is 0 Å². The van der Waals surface area contributed by atoms with E-state index < -0.39 is 18.7 Å². The van der Waals surface area contributed by atoms with Gasteiger partial charge in [-0.15, -0.1) is 0 Å². The molecule has 6 heteroatoms. The maximum Gasteiger partial charge on any atom is 0.280 e. The largest absolute Gasteiger partial charge is 0.496 e. The Kier molecular flexibility index (Phi) is 3.60. The molecule has 0 radical (unpaired) electrons. The highest BCUT2D eigenvalue weighted by molar-refractivity contribution is 6.30. The number of aliphatic hydroxyl groups excluding tert-OH is 1. The molecule has 1 aromatic rings. The van der Waals surface area contributed by atoms with Crippen LogP contribution in [0.4, 0.5) is 8.78 Å². The first kappa shape index (κ1) is 11.1. The van der Waals surface area contributed by atoms with E-state index in [1.54, 1.807) is 0 Å². The Bertz CT molecular complexity index is 333. The van der Waals surface area contributed by atoms with E-state index in [4.69, 9.17) is 21.4 Å². The SMILES string of the molecule is COc1cc(C(F)F)nc(Cl)c1CO. The molecule has 0 fully saturated rings. The van der Waals surface area contributed by atoms with E-state index in [9.17, 15) is 8.78 Å². The molecule has 0 aliphatic heterocycles. The van der Waals surface area contributed by atoms with Crippen LogP contribution in [0, 0.1) is 0 Å². The van der Waals surface area contributed by atoms with Crippen molar-refractivity contribution in [3.8, 4) is 5.75 Å². The maximum absolute atomic E-state index is 12.3. The molecule has 0 bridgehead atoms. The molecule has 0 atom stereocenters. The monoisotopic (exact) mass is 223 g/mol. The van der Waals surface area contributed by atoms with Gasteiger partial charge in [0, 0.05) is 6.07 Å². The Morgan fingerprint density at radius 3 is 2.71 bits per heavy atom. The molecule has 78 valence electrons. The molecule has 0 unspecified atom stereocenters. The van der Waals surface area contributed by atoms with E-state index in [1.807, 2.05) is 0 Å². The van der Waals surface area contributed by atoms with Crippen LogP contribution in [0.15, 0.2) is 6.07 Å². The molecule has 0 aliphatic carbocycles. The number of aliphatic hydroxyl groups is 1. The second kappa shape index (κ2) is 4.52. The number of hydrogen-bond donors (Lipinski definition) is 1. The van der Waals surface area contributed by atoms with Crippen molar-refractivity contribution in [2.24, 2.45) is 0 Å². The van der Waals surface area contributed by atoms with Crippen LogP contribution in [0.25, 0.3) is 0 Å². The summed E-state index contributed by atoms with van der Waals surface area (Å²) in [4.78, 5) is 3.43. The molecule has 1 rings (SSSR count). The van der Waals surface area contributed by atoms with Gasteiger partial charge in [-0.05, 0) is 0 Å². The van der Waals surface area contributed by atoms with Gasteiger partial charge in [-0.3, -0.25) is 0 Å². The third-order valence-electron chi connectivity index (χ3n) is 1.65. The molecule has 0 aliphatic rings. The number of aromatic nitrogens is 1. The maximum atomic E-state index is 12.3. The first-order chi connectivity index (χ1) is 6.60. The zero-order valence-electron chi connectivity index (χ0n) is 7.30. The van der Waals surface area contributed by atoms with Crippen LogP contribution in [-0.2, 0) is 6.61 Å². The molecule has 1 N–H and O–H groups in total. The number of pyridine rings is 1. The lowest BCUT2D eigenvalue weighted by Gasteiger charge is -2.09. The van der Waals surface area contributed by atoms with Crippen LogP contribution in [0.2, 0.25) is 5.15 Å². The van der Waals surface area contributed by atoms with Gasteiger partial charge in [0.05, 0.1) is 19.3 Å². The number of hydrogen-bond acceptors (Lipinski definition) is 3. The Morgan fingerprint density at radius 1 is 1.64 bits per heavy atom. The van der Waals surface area contributed by atoms with Gasteiger partial charge in [0.1, 0.15) is 16.6 Å². The predicted molar refractivity (Wildman–Crippen MR) is 46.7 cm³/mol. The van der Waals surface area contributed by atoms with Crippen molar-refractivity contribution < 1.29 is 18.6 Å². The summed E-state index contributed by atoms with van der Waals surface area (Å²) in [7, 11) is 1.31. The Balaban J connectivity index is 3.24. The van der Waals surface area contributed by atoms with Crippen molar-refractivity contribution in [2.45, 2.75) is 13.0 Å². The Morgan fingerprint density at radius 2 is 2.29 bits per heavy atom. The van der Waals surface area contributed by atoms with E-state index >= 15 is 0 Å². The average molecular weight is 224 g/mol. The first-order valence-electron chi connectivity index (χ1n) is 3.72. The summed E-state index contributed by atoms with van der Waals surface area (Å²) in [5.41, 5.74) is -0.261. The first-order valence-corrected chi connectivity index (χ1v) is 4.10.